The summed E-state index contributed by atoms with van der Waals surface area (Å²) < 4.78 is 5.50. The monoisotopic (exact) mass is 290 g/mol. The smallest absolute Gasteiger partial charge is 0.407 e. The maximum atomic E-state index is 11.3. The van der Waals surface area contributed by atoms with Crippen molar-refractivity contribution in [3.05, 3.63) is 23.8 Å². The van der Waals surface area contributed by atoms with Crippen LogP contribution in [-0.2, 0) is 11.3 Å². The van der Waals surface area contributed by atoms with Crippen molar-refractivity contribution in [2.24, 2.45) is 0 Å². The molecule has 2 aliphatic heterocycles. The van der Waals surface area contributed by atoms with Gasteiger partial charge in [-0.05, 0) is 25.5 Å². The molecule has 6 nitrogen and oxygen atoms in total. The van der Waals surface area contributed by atoms with E-state index in [4.69, 9.17) is 4.74 Å². The zero-order valence-corrected chi connectivity index (χ0v) is 12.6. The second-order valence-corrected chi connectivity index (χ2v) is 6.30. The van der Waals surface area contributed by atoms with Crippen molar-refractivity contribution in [2.75, 3.05) is 19.6 Å². The molecule has 114 valence electrons. The number of nitrogens with one attached hydrogen (secondary N) is 1. The predicted octanol–water partition coefficient (Wildman–Crippen LogP) is 1.67. The van der Waals surface area contributed by atoms with Crippen LogP contribution >= 0.6 is 0 Å². The Morgan fingerprint density at radius 1 is 1.52 bits per heavy atom. The van der Waals surface area contributed by atoms with Crippen LogP contribution < -0.4 is 5.32 Å². The molecule has 1 aromatic heterocycles. The fourth-order valence-electron chi connectivity index (χ4n) is 3.06. The van der Waals surface area contributed by atoms with Gasteiger partial charge < -0.3 is 10.1 Å². The normalized spacial score (nSPS) is 26.1. The topological polar surface area (TPSA) is 67.4 Å². The molecular formula is C15H22N4O2. The quantitative estimate of drug-likeness (QED) is 0.917. The van der Waals surface area contributed by atoms with Crippen LogP contribution in [0.25, 0.3) is 0 Å². The SMILES string of the molecule is CC(C)c1nccc(CN2CCC[C@]3(CNC(=O)O3)C2)n1. The number of ether oxygens (including phenoxy) is 1. The summed E-state index contributed by atoms with van der Waals surface area (Å²) in [5, 5.41) is 2.78. The van der Waals surface area contributed by atoms with Crippen LogP contribution in [0.1, 0.15) is 44.1 Å². The molecule has 2 saturated heterocycles. The van der Waals surface area contributed by atoms with E-state index in [0.717, 1.165) is 44.0 Å². The first kappa shape index (κ1) is 14.3. The van der Waals surface area contributed by atoms with E-state index >= 15 is 0 Å². The van der Waals surface area contributed by atoms with Crippen LogP contribution in [-0.4, -0.2) is 46.2 Å². The van der Waals surface area contributed by atoms with E-state index in [1.165, 1.54) is 0 Å². The first-order valence-electron chi connectivity index (χ1n) is 7.57. The molecule has 1 aromatic rings. The van der Waals surface area contributed by atoms with Gasteiger partial charge in [0.1, 0.15) is 11.4 Å². The Kier molecular flexibility index (Phi) is 3.80. The first-order valence-corrected chi connectivity index (χ1v) is 7.57. The summed E-state index contributed by atoms with van der Waals surface area (Å²) in [6, 6.07) is 1.96. The summed E-state index contributed by atoms with van der Waals surface area (Å²) in [5.41, 5.74) is 0.687. The molecule has 0 unspecified atom stereocenters. The number of carbonyl (C=O) groups is 1. The lowest BCUT2D eigenvalue weighted by Crippen LogP contribution is -2.50. The van der Waals surface area contributed by atoms with Crippen molar-refractivity contribution in [2.45, 2.75) is 44.8 Å². The Labute approximate surface area is 124 Å². The van der Waals surface area contributed by atoms with Gasteiger partial charge in [-0.3, -0.25) is 4.90 Å². The summed E-state index contributed by atoms with van der Waals surface area (Å²) in [4.78, 5) is 22.6. The second-order valence-electron chi connectivity index (χ2n) is 6.30. The molecule has 0 aliphatic carbocycles. The molecule has 1 N–H and O–H groups in total. The molecule has 21 heavy (non-hydrogen) atoms. The van der Waals surface area contributed by atoms with Crippen LogP contribution in [0, 0.1) is 0 Å². The van der Waals surface area contributed by atoms with Crippen LogP contribution in [0.3, 0.4) is 0 Å². The van der Waals surface area contributed by atoms with Crippen LogP contribution in [0.15, 0.2) is 12.3 Å². The van der Waals surface area contributed by atoms with Gasteiger partial charge in [-0.25, -0.2) is 14.8 Å². The third-order valence-electron chi connectivity index (χ3n) is 4.12. The molecule has 3 heterocycles. The van der Waals surface area contributed by atoms with Gasteiger partial charge in [0.2, 0.25) is 0 Å². The summed E-state index contributed by atoms with van der Waals surface area (Å²) in [6.07, 6.45) is 3.51. The van der Waals surface area contributed by atoms with Crippen LogP contribution in [0.2, 0.25) is 0 Å². The maximum absolute atomic E-state index is 11.3. The zero-order valence-electron chi connectivity index (χ0n) is 12.6. The van der Waals surface area contributed by atoms with Gasteiger partial charge in [0, 0.05) is 25.2 Å². The molecule has 1 atom stereocenters. The van der Waals surface area contributed by atoms with Crippen molar-refractivity contribution in [3.8, 4) is 0 Å². The van der Waals surface area contributed by atoms with E-state index in [1.807, 2.05) is 12.3 Å². The Bertz CT molecular complexity index is 534. The van der Waals surface area contributed by atoms with Crippen molar-refractivity contribution in [3.63, 3.8) is 0 Å². The molecule has 6 heteroatoms. The Hall–Kier alpha value is -1.69. The number of hydrogen-bond acceptors (Lipinski definition) is 5. The number of alkyl carbamates (subject to hydrolysis) is 1. The highest BCUT2D eigenvalue weighted by Crippen LogP contribution is 2.28. The molecule has 0 saturated carbocycles. The van der Waals surface area contributed by atoms with Gasteiger partial charge in [0.05, 0.1) is 12.2 Å². The summed E-state index contributed by atoms with van der Waals surface area (Å²) in [6.45, 7) is 7.37. The third-order valence-corrected chi connectivity index (χ3v) is 4.12. The number of hydrogen-bond donors (Lipinski definition) is 1. The van der Waals surface area contributed by atoms with Crippen LogP contribution in [0.4, 0.5) is 4.79 Å². The highest BCUT2D eigenvalue weighted by Gasteiger charge is 2.43. The number of aromatic nitrogens is 2. The van der Waals surface area contributed by atoms with E-state index < -0.39 is 0 Å². The minimum Gasteiger partial charge on any atom is -0.440 e. The summed E-state index contributed by atoms with van der Waals surface area (Å²) in [7, 11) is 0. The fourth-order valence-corrected chi connectivity index (χ4v) is 3.06. The molecule has 0 aromatic carbocycles. The molecule has 0 bridgehead atoms. The first-order chi connectivity index (χ1) is 10.1. The molecule has 2 aliphatic rings. The predicted molar refractivity (Wildman–Crippen MR) is 77.8 cm³/mol. The van der Waals surface area contributed by atoms with E-state index in [0.29, 0.717) is 12.5 Å². The average Bonchev–Trinajstić information content (AvgIpc) is 2.80. The summed E-state index contributed by atoms with van der Waals surface area (Å²) >= 11 is 0. The van der Waals surface area contributed by atoms with Crippen molar-refractivity contribution < 1.29 is 9.53 Å². The molecule has 1 amide bonds. The van der Waals surface area contributed by atoms with Gasteiger partial charge in [-0.15, -0.1) is 0 Å². The number of piperidine rings is 1. The molecule has 3 rings (SSSR count). The average molecular weight is 290 g/mol. The zero-order chi connectivity index (χ0) is 14.9. The second kappa shape index (κ2) is 5.60. The molecular weight excluding hydrogens is 268 g/mol. The summed E-state index contributed by atoms with van der Waals surface area (Å²) in [5.74, 6) is 1.21. The van der Waals surface area contributed by atoms with Gasteiger partial charge in [0.25, 0.3) is 0 Å². The fraction of sp³-hybridized carbons (Fsp3) is 0.667. The standard InChI is InChI=1S/C15H22N4O2/c1-11(2)13-16-6-4-12(18-13)8-19-7-3-5-15(10-19)9-17-14(20)21-15/h4,6,11H,3,5,7-10H2,1-2H3,(H,17,20)/t15-/m0/s1. The number of rotatable bonds is 3. The maximum Gasteiger partial charge on any atom is 0.407 e. The molecule has 0 radical (unpaired) electrons. The number of carbonyl (C=O) groups excluding carboxylic acids is 1. The lowest BCUT2D eigenvalue weighted by atomic mass is 9.93. The number of nitrogens with zero attached hydrogens (tertiary/aromatic N) is 3. The number of likely N-dealkylation sites (tertiary alicyclic amines) is 1. The Balaban J connectivity index is 1.67. The van der Waals surface area contributed by atoms with E-state index in [9.17, 15) is 4.79 Å². The van der Waals surface area contributed by atoms with E-state index in [-0.39, 0.29) is 11.7 Å². The van der Waals surface area contributed by atoms with Gasteiger partial charge in [0.15, 0.2) is 0 Å². The van der Waals surface area contributed by atoms with Gasteiger partial charge in [-0.1, -0.05) is 13.8 Å². The van der Waals surface area contributed by atoms with Crippen molar-refractivity contribution >= 4 is 6.09 Å². The highest BCUT2D eigenvalue weighted by molar-refractivity contribution is 5.70. The van der Waals surface area contributed by atoms with E-state index in [2.05, 4.69) is 34.0 Å². The largest absolute Gasteiger partial charge is 0.440 e. The molecule has 2 fully saturated rings. The van der Waals surface area contributed by atoms with Crippen LogP contribution in [0.5, 0.6) is 0 Å². The third kappa shape index (κ3) is 3.15. The molecule has 1 spiro atoms. The minimum absolute atomic E-state index is 0.291. The van der Waals surface area contributed by atoms with Crippen molar-refractivity contribution in [1.82, 2.24) is 20.2 Å². The van der Waals surface area contributed by atoms with Crippen molar-refractivity contribution in [1.29, 1.82) is 0 Å². The number of amides is 1. The van der Waals surface area contributed by atoms with E-state index in [1.54, 1.807) is 0 Å². The van der Waals surface area contributed by atoms with Gasteiger partial charge >= 0.3 is 6.09 Å². The van der Waals surface area contributed by atoms with Gasteiger partial charge in [-0.2, -0.15) is 0 Å². The highest BCUT2D eigenvalue weighted by atomic mass is 16.6. The minimum atomic E-state index is -0.344. The Morgan fingerprint density at radius 2 is 2.38 bits per heavy atom. The lowest BCUT2D eigenvalue weighted by Gasteiger charge is -2.38. The Morgan fingerprint density at radius 3 is 3.10 bits per heavy atom. The lowest BCUT2D eigenvalue weighted by molar-refractivity contribution is -0.0114.